The van der Waals surface area contributed by atoms with Gasteiger partial charge in [-0.15, -0.1) is 0 Å². The normalized spacial score (nSPS) is 13.3. The number of aliphatic carboxylic acids is 1. The predicted octanol–water partition coefficient (Wildman–Crippen LogP) is 9.11. The van der Waals surface area contributed by atoms with Crippen molar-refractivity contribution in [1.29, 1.82) is 0 Å². The minimum atomic E-state index is -1.98. The third-order valence-electron chi connectivity index (χ3n) is 8.13. The summed E-state index contributed by atoms with van der Waals surface area (Å²) in [5.41, 5.74) is 7.79. The lowest BCUT2D eigenvalue weighted by atomic mass is 10.0. The Morgan fingerprint density at radius 2 is 1.20 bits per heavy atom. The van der Waals surface area contributed by atoms with Gasteiger partial charge < -0.3 is 19.7 Å². The van der Waals surface area contributed by atoms with E-state index in [1.807, 2.05) is 19.2 Å². The third-order valence-corrected chi connectivity index (χ3v) is 18.2. The van der Waals surface area contributed by atoms with E-state index in [1.165, 1.54) is 0 Å². The van der Waals surface area contributed by atoms with E-state index < -0.39 is 34.8 Å². The first-order chi connectivity index (χ1) is 20.3. The number of halogens is 2. The lowest BCUT2D eigenvalue weighted by molar-refractivity contribution is -0.144. The lowest BCUT2D eigenvalue weighted by Crippen LogP contribution is -2.45. The largest absolute Gasteiger partial charge is 0.479 e. The van der Waals surface area contributed by atoms with Crippen LogP contribution in [0.3, 0.4) is 0 Å². The number of Topliss-reactive ketones (excluding diaryl/α,β-unsaturated/α-hetero) is 1. The maximum atomic E-state index is 12.5. The number of hydrogen-bond donors (Lipinski definition) is 2. The molecule has 2 rings (SSSR count). The van der Waals surface area contributed by atoms with Crippen LogP contribution in [0.5, 0.6) is 0 Å². The molecule has 0 amide bonds. The minimum Gasteiger partial charge on any atom is -0.479 e. The van der Waals surface area contributed by atoms with E-state index in [1.54, 1.807) is 44.2 Å². The molecule has 2 aromatic rings. The van der Waals surface area contributed by atoms with Crippen LogP contribution >= 0.6 is 31.9 Å². The average Bonchev–Trinajstić information content (AvgIpc) is 2.87. The van der Waals surface area contributed by atoms with Crippen LogP contribution in [-0.2, 0) is 24.9 Å². The summed E-state index contributed by atoms with van der Waals surface area (Å²) < 4.78 is 13.5. The number of carboxylic acid groups (broad SMARTS) is 1. The number of nitrogens with two attached hydrogens (primary N) is 1. The van der Waals surface area contributed by atoms with E-state index in [2.05, 4.69) is 86.5 Å². The molecule has 0 aliphatic rings. The van der Waals surface area contributed by atoms with Crippen molar-refractivity contribution in [2.75, 3.05) is 5.73 Å². The molecule has 2 aromatic carbocycles. The zero-order chi connectivity index (χ0) is 35.6. The van der Waals surface area contributed by atoms with Gasteiger partial charge in [-0.3, -0.25) is 14.4 Å². The van der Waals surface area contributed by atoms with Gasteiger partial charge in [0, 0.05) is 32.2 Å². The molecule has 2 atom stereocenters. The molecule has 0 aliphatic carbocycles. The Bertz CT molecular complexity index is 1320. The number of aldehydes is 2. The Labute approximate surface area is 288 Å². The number of hydrogen-bond acceptors (Lipinski definition) is 7. The molecule has 0 saturated heterocycles. The summed E-state index contributed by atoms with van der Waals surface area (Å²) in [5, 5.41) is 8.84. The maximum absolute atomic E-state index is 12.5. The molecule has 0 spiro atoms. The Balaban J connectivity index is 0.000000712. The molecule has 0 fully saturated rings. The zero-order valence-electron chi connectivity index (χ0n) is 28.7. The first-order valence-corrected chi connectivity index (χ1v) is 22.0. The molecule has 0 saturated carbocycles. The van der Waals surface area contributed by atoms with E-state index in [0.717, 1.165) is 27.1 Å². The number of nitrogen functional groups attached to an aromatic ring is 1. The van der Waals surface area contributed by atoms with Gasteiger partial charge in [-0.25, -0.2) is 4.79 Å². The summed E-state index contributed by atoms with van der Waals surface area (Å²) in [7, 11) is -3.89. The SMILES string of the molecule is CC(O[Si](C)(C)C(C)(C)C)C(=O)Cc1cc(Br)ccc1C=O.CC(O[Si](C)(C)C(C)(C)C)C(=O)O.Nc1cc(Br)ccc1C=O. The van der Waals surface area contributed by atoms with Gasteiger partial charge in [0.05, 0.1) is 0 Å². The topological polar surface area (TPSA) is 133 Å². The van der Waals surface area contributed by atoms with Gasteiger partial charge in [-0.05, 0) is 86.0 Å². The molecule has 0 aliphatic heterocycles. The number of anilines is 1. The molecule has 0 radical (unpaired) electrons. The lowest BCUT2D eigenvalue weighted by Gasteiger charge is -2.38. The summed E-state index contributed by atoms with van der Waals surface area (Å²) in [4.78, 5) is 44.4. The highest BCUT2D eigenvalue weighted by Gasteiger charge is 2.40. The first-order valence-electron chi connectivity index (χ1n) is 14.6. The van der Waals surface area contributed by atoms with Gasteiger partial charge in [0.25, 0.3) is 0 Å². The third kappa shape index (κ3) is 14.6. The molecular formula is C33H51Br2NO7Si2. The van der Waals surface area contributed by atoms with Crippen molar-refractivity contribution in [3.8, 4) is 0 Å². The van der Waals surface area contributed by atoms with Gasteiger partial charge in [0.15, 0.2) is 28.7 Å². The molecule has 45 heavy (non-hydrogen) atoms. The highest BCUT2D eigenvalue weighted by atomic mass is 79.9. The van der Waals surface area contributed by atoms with Crippen molar-refractivity contribution in [3.05, 3.63) is 62.0 Å². The standard InChI is InChI=1S/C17H25BrO3Si.C9H20O3Si.C7H6BrNO/c1-12(21-22(5,6)17(2,3)4)16(20)10-14-9-15(18)8-7-13(14)11-19;1-7(8(10)11)12-13(5,6)9(2,3)4;8-6-2-1-5(4-10)7(9)3-6/h7-9,11-12H,10H2,1-6H3;7H,1-6H3,(H,10,11);1-4H,9H2. The average molecular weight is 790 g/mol. The molecule has 3 N–H and O–H groups in total. The van der Waals surface area contributed by atoms with Crippen molar-refractivity contribution < 1.29 is 33.1 Å². The highest BCUT2D eigenvalue weighted by Crippen LogP contribution is 2.38. The van der Waals surface area contributed by atoms with Gasteiger partial charge in [-0.1, -0.05) is 79.5 Å². The van der Waals surface area contributed by atoms with Gasteiger partial charge >= 0.3 is 5.97 Å². The second-order valence-electron chi connectivity index (χ2n) is 13.9. The molecule has 0 aromatic heterocycles. The van der Waals surface area contributed by atoms with Gasteiger partial charge in [-0.2, -0.15) is 0 Å². The Kier molecular flexibility index (Phi) is 17.0. The fourth-order valence-electron chi connectivity index (χ4n) is 3.18. The van der Waals surface area contributed by atoms with Gasteiger partial charge in [0.2, 0.25) is 0 Å². The molecular weight excluding hydrogens is 738 g/mol. The smallest absolute Gasteiger partial charge is 0.331 e. The van der Waals surface area contributed by atoms with Crippen LogP contribution in [0.15, 0.2) is 45.3 Å². The van der Waals surface area contributed by atoms with E-state index in [0.29, 0.717) is 16.8 Å². The summed E-state index contributed by atoms with van der Waals surface area (Å²) >= 11 is 6.61. The van der Waals surface area contributed by atoms with E-state index in [-0.39, 0.29) is 22.3 Å². The molecule has 252 valence electrons. The fraction of sp³-hybridized carbons (Fsp3) is 0.515. The second-order valence-corrected chi connectivity index (χ2v) is 25.2. The summed E-state index contributed by atoms with van der Waals surface area (Å²) in [6, 6.07) is 10.5. The van der Waals surface area contributed by atoms with Crippen LogP contribution in [0.2, 0.25) is 36.3 Å². The van der Waals surface area contributed by atoms with Crippen molar-refractivity contribution in [3.63, 3.8) is 0 Å². The first kappa shape index (κ1) is 43.0. The Morgan fingerprint density at radius 3 is 1.58 bits per heavy atom. The van der Waals surface area contributed by atoms with E-state index >= 15 is 0 Å². The van der Waals surface area contributed by atoms with Gasteiger partial charge in [0.1, 0.15) is 18.5 Å². The molecule has 8 nitrogen and oxygen atoms in total. The number of carbonyl (C=O) groups excluding carboxylic acids is 3. The second kappa shape index (κ2) is 17.8. The molecule has 2 unspecified atom stereocenters. The maximum Gasteiger partial charge on any atom is 0.331 e. The van der Waals surface area contributed by atoms with E-state index in [4.69, 9.17) is 19.7 Å². The molecule has 0 heterocycles. The number of carboxylic acids is 1. The van der Waals surface area contributed by atoms with Crippen LogP contribution in [0.4, 0.5) is 5.69 Å². The number of ketones is 1. The Hall–Kier alpha value is -1.97. The van der Waals surface area contributed by atoms with E-state index in [9.17, 15) is 19.2 Å². The number of carbonyl (C=O) groups is 4. The van der Waals surface area contributed by atoms with Crippen LogP contribution in [0.25, 0.3) is 0 Å². The number of benzene rings is 2. The Morgan fingerprint density at radius 1 is 0.800 bits per heavy atom. The van der Waals surface area contributed by atoms with Crippen LogP contribution in [0, 0.1) is 0 Å². The van der Waals surface area contributed by atoms with Crippen LogP contribution in [-0.4, -0.2) is 58.3 Å². The highest BCUT2D eigenvalue weighted by molar-refractivity contribution is 9.10. The van der Waals surface area contributed by atoms with Crippen molar-refractivity contribution in [2.24, 2.45) is 0 Å². The number of rotatable bonds is 10. The van der Waals surface area contributed by atoms with Crippen molar-refractivity contribution in [1.82, 2.24) is 0 Å². The van der Waals surface area contributed by atoms with Crippen LogP contribution in [0.1, 0.15) is 81.7 Å². The summed E-state index contributed by atoms with van der Waals surface area (Å²) in [6.45, 7) is 24.5. The van der Waals surface area contributed by atoms with Crippen molar-refractivity contribution in [2.45, 2.75) is 110 Å². The molecule has 12 heteroatoms. The summed E-state index contributed by atoms with van der Waals surface area (Å²) in [6.07, 6.45) is 0.583. The molecule has 0 bridgehead atoms. The monoisotopic (exact) mass is 787 g/mol. The zero-order valence-corrected chi connectivity index (χ0v) is 33.9. The predicted molar refractivity (Wildman–Crippen MR) is 195 cm³/mol. The van der Waals surface area contributed by atoms with Crippen LogP contribution < -0.4 is 5.73 Å². The van der Waals surface area contributed by atoms with Crippen molar-refractivity contribution >= 4 is 78.5 Å². The fourth-order valence-corrected chi connectivity index (χ4v) is 6.67. The summed E-state index contributed by atoms with van der Waals surface area (Å²) in [5.74, 6) is -0.879. The minimum absolute atomic E-state index is 0.00558. The quantitative estimate of drug-likeness (QED) is 0.138.